The summed E-state index contributed by atoms with van der Waals surface area (Å²) in [5.74, 6) is -0.0898. The average molecular weight is 548 g/mol. The molecule has 0 spiro atoms. The molecule has 1 N–H and O–H groups in total. The van der Waals surface area contributed by atoms with E-state index in [1.165, 1.54) is 29.1 Å². The predicted octanol–water partition coefficient (Wildman–Crippen LogP) is 6.88. The van der Waals surface area contributed by atoms with Crippen molar-refractivity contribution in [2.24, 2.45) is 0 Å². The Hall–Kier alpha value is -3.14. The number of thiophene rings is 1. The molecule has 0 saturated carbocycles. The van der Waals surface area contributed by atoms with Gasteiger partial charge in [-0.3, -0.25) is 14.6 Å². The highest BCUT2D eigenvalue weighted by Crippen LogP contribution is 2.32. The number of piperidine rings is 1. The topological polar surface area (TPSA) is 78.4 Å². The van der Waals surface area contributed by atoms with Crippen molar-refractivity contribution >= 4 is 50.4 Å². The Labute approximate surface area is 231 Å². The maximum atomic E-state index is 13.7. The first-order valence-electron chi connectivity index (χ1n) is 13.4. The van der Waals surface area contributed by atoms with Crippen LogP contribution in [0.15, 0.2) is 48.7 Å². The number of hydrazine groups is 1. The number of hydrogen-bond donors (Lipinski definition) is 1. The number of fused-ring (bicyclic) bond motifs is 1. The Morgan fingerprint density at radius 3 is 2.55 bits per heavy atom. The molecule has 7 nitrogen and oxygen atoms in total. The summed E-state index contributed by atoms with van der Waals surface area (Å²) in [5, 5.41) is 8.90. The monoisotopic (exact) mass is 547 g/mol. The largest absolute Gasteiger partial charge is 0.321 e. The number of carbonyl (C=O) groups excluding carboxylic acids is 2. The minimum Gasteiger partial charge on any atom is -0.321 e. The van der Waals surface area contributed by atoms with Crippen molar-refractivity contribution in [3.05, 3.63) is 64.1 Å². The molecule has 5 rings (SSSR count). The molecular formula is C29H33N5O2S2. The zero-order valence-electron chi connectivity index (χ0n) is 21.9. The number of aryl methyl sites for hydroxylation is 1. The Bertz CT molecular complexity index is 1370. The van der Waals surface area contributed by atoms with Crippen LogP contribution in [0.5, 0.6) is 0 Å². The van der Waals surface area contributed by atoms with Gasteiger partial charge in [0, 0.05) is 42.5 Å². The van der Waals surface area contributed by atoms with Crippen LogP contribution in [0.25, 0.3) is 20.8 Å². The Morgan fingerprint density at radius 1 is 1.05 bits per heavy atom. The number of benzene rings is 1. The van der Waals surface area contributed by atoms with Crippen LogP contribution in [-0.2, 0) is 6.42 Å². The molecule has 198 valence electrons. The van der Waals surface area contributed by atoms with Crippen LogP contribution in [0, 0.1) is 0 Å². The molecule has 0 radical (unpaired) electrons. The zero-order chi connectivity index (χ0) is 26.5. The number of rotatable bonds is 9. The van der Waals surface area contributed by atoms with Gasteiger partial charge < -0.3 is 5.32 Å². The lowest BCUT2D eigenvalue weighted by Gasteiger charge is -2.36. The van der Waals surface area contributed by atoms with Gasteiger partial charge in [0.05, 0.1) is 10.6 Å². The summed E-state index contributed by atoms with van der Waals surface area (Å²) in [6, 6.07) is 13.4. The molecule has 1 aromatic carbocycles. The second-order valence-corrected chi connectivity index (χ2v) is 11.5. The van der Waals surface area contributed by atoms with Crippen molar-refractivity contribution in [3.8, 4) is 10.6 Å². The molecule has 2 amide bonds. The lowest BCUT2D eigenvalue weighted by molar-refractivity contribution is -0.0179. The van der Waals surface area contributed by atoms with Gasteiger partial charge in [-0.25, -0.2) is 15.0 Å². The predicted molar refractivity (Wildman–Crippen MR) is 156 cm³/mol. The highest BCUT2D eigenvalue weighted by molar-refractivity contribution is 7.20. The van der Waals surface area contributed by atoms with Crippen molar-refractivity contribution in [3.63, 3.8) is 0 Å². The maximum Gasteiger partial charge on any atom is 0.280 e. The molecule has 1 aliphatic rings. The number of amides is 2. The van der Waals surface area contributed by atoms with Gasteiger partial charge in [-0.15, -0.1) is 22.7 Å². The minimum absolute atomic E-state index is 0.0611. The van der Waals surface area contributed by atoms with Crippen LogP contribution in [-0.4, -0.2) is 51.4 Å². The SMILES string of the molecule is CCCCc1nc(-c2ccc(NC(=O)c3cc4cccnc4s3)cc2)sc1C(=O)N(CC)N1CCCCC1. The summed E-state index contributed by atoms with van der Waals surface area (Å²) < 4.78 is 0. The first-order chi connectivity index (χ1) is 18.6. The van der Waals surface area contributed by atoms with Crippen molar-refractivity contribution in [1.82, 2.24) is 20.0 Å². The number of carbonyl (C=O) groups is 2. The van der Waals surface area contributed by atoms with Gasteiger partial charge in [0.15, 0.2) is 0 Å². The molecule has 4 heterocycles. The number of nitrogens with one attached hydrogen (secondary N) is 1. The van der Waals surface area contributed by atoms with Crippen molar-refractivity contribution in [2.75, 3.05) is 25.0 Å². The number of nitrogens with zero attached hydrogens (tertiary/aromatic N) is 4. The molecule has 1 aliphatic heterocycles. The molecule has 38 heavy (non-hydrogen) atoms. The van der Waals surface area contributed by atoms with Crippen molar-refractivity contribution in [2.45, 2.75) is 52.4 Å². The van der Waals surface area contributed by atoms with Gasteiger partial charge in [-0.05, 0) is 69.0 Å². The molecule has 9 heteroatoms. The molecule has 4 aromatic rings. The van der Waals surface area contributed by atoms with Crippen LogP contribution in [0.2, 0.25) is 0 Å². The fraction of sp³-hybridized carbons (Fsp3) is 0.379. The number of aromatic nitrogens is 2. The van der Waals surface area contributed by atoms with E-state index in [-0.39, 0.29) is 11.8 Å². The van der Waals surface area contributed by atoms with Gasteiger partial charge in [0.2, 0.25) is 0 Å². The normalized spacial score (nSPS) is 14.1. The van der Waals surface area contributed by atoms with E-state index in [1.807, 2.05) is 54.4 Å². The van der Waals surface area contributed by atoms with E-state index in [2.05, 4.69) is 22.2 Å². The van der Waals surface area contributed by atoms with Gasteiger partial charge >= 0.3 is 0 Å². The van der Waals surface area contributed by atoms with Crippen LogP contribution in [0.4, 0.5) is 5.69 Å². The highest BCUT2D eigenvalue weighted by Gasteiger charge is 2.27. The summed E-state index contributed by atoms with van der Waals surface area (Å²) in [6.07, 6.45) is 8.06. The quantitative estimate of drug-likeness (QED) is 0.247. The van der Waals surface area contributed by atoms with Crippen LogP contribution < -0.4 is 5.32 Å². The van der Waals surface area contributed by atoms with E-state index >= 15 is 0 Å². The highest BCUT2D eigenvalue weighted by atomic mass is 32.1. The first-order valence-corrected chi connectivity index (χ1v) is 15.0. The van der Waals surface area contributed by atoms with E-state index in [4.69, 9.17) is 4.98 Å². The van der Waals surface area contributed by atoms with E-state index < -0.39 is 0 Å². The molecule has 0 unspecified atom stereocenters. The molecule has 1 saturated heterocycles. The second-order valence-electron chi connectivity index (χ2n) is 9.47. The molecule has 1 fully saturated rings. The number of thiazole rings is 1. The smallest absolute Gasteiger partial charge is 0.280 e. The molecule has 3 aromatic heterocycles. The molecular weight excluding hydrogens is 514 g/mol. The van der Waals surface area contributed by atoms with Crippen LogP contribution in [0.1, 0.15) is 71.0 Å². The third kappa shape index (κ3) is 5.80. The third-order valence-corrected chi connectivity index (χ3v) is 8.97. The van der Waals surface area contributed by atoms with E-state index in [9.17, 15) is 9.59 Å². The average Bonchev–Trinajstić information content (AvgIpc) is 3.58. The van der Waals surface area contributed by atoms with Crippen LogP contribution in [0.3, 0.4) is 0 Å². The summed E-state index contributed by atoms with van der Waals surface area (Å²) in [4.78, 5) is 37.9. The Kier molecular flexibility index (Phi) is 8.46. The van der Waals surface area contributed by atoms with Gasteiger partial charge in [0.25, 0.3) is 11.8 Å². The summed E-state index contributed by atoms with van der Waals surface area (Å²) in [5.41, 5.74) is 2.55. The number of anilines is 1. The fourth-order valence-electron chi connectivity index (χ4n) is 4.74. The van der Waals surface area contributed by atoms with Crippen LogP contribution >= 0.6 is 22.7 Å². The number of pyridine rings is 1. The standard InChI is InChI=1S/C29H33N5O2S2/c1-3-5-11-23-25(29(36)34(4-2)33-17-7-6-8-18-33)38-28(32-23)20-12-14-22(15-13-20)31-26(35)24-19-21-10-9-16-30-27(21)37-24/h9-10,12-16,19H,3-8,11,17-18H2,1-2H3,(H,31,35). The summed E-state index contributed by atoms with van der Waals surface area (Å²) in [7, 11) is 0. The summed E-state index contributed by atoms with van der Waals surface area (Å²) >= 11 is 2.86. The molecule has 0 aliphatic carbocycles. The Balaban J connectivity index is 1.34. The number of unbranched alkanes of at least 4 members (excludes halogenated alkanes) is 1. The lowest BCUT2D eigenvalue weighted by atomic mass is 10.1. The van der Waals surface area contributed by atoms with Gasteiger partial charge in [-0.2, -0.15) is 0 Å². The van der Waals surface area contributed by atoms with Crippen molar-refractivity contribution < 1.29 is 9.59 Å². The second kappa shape index (κ2) is 12.1. The van der Waals surface area contributed by atoms with E-state index in [0.717, 1.165) is 76.6 Å². The lowest BCUT2D eigenvalue weighted by Crippen LogP contribution is -2.48. The Morgan fingerprint density at radius 2 is 1.84 bits per heavy atom. The summed E-state index contributed by atoms with van der Waals surface area (Å²) in [6.45, 7) is 6.72. The van der Waals surface area contributed by atoms with E-state index in [0.29, 0.717) is 17.1 Å². The maximum absolute atomic E-state index is 13.7. The molecule has 0 atom stereocenters. The third-order valence-electron chi connectivity index (χ3n) is 6.77. The zero-order valence-corrected chi connectivity index (χ0v) is 23.5. The van der Waals surface area contributed by atoms with Gasteiger partial charge in [0.1, 0.15) is 14.7 Å². The first kappa shape index (κ1) is 26.5. The van der Waals surface area contributed by atoms with Gasteiger partial charge in [-0.1, -0.05) is 25.8 Å². The fourth-order valence-corrected chi connectivity index (χ4v) is 6.70. The minimum atomic E-state index is -0.151. The van der Waals surface area contributed by atoms with Crippen molar-refractivity contribution in [1.29, 1.82) is 0 Å². The van der Waals surface area contributed by atoms with E-state index in [1.54, 1.807) is 6.20 Å². The number of hydrogen-bond acceptors (Lipinski definition) is 7. The molecule has 0 bridgehead atoms.